The Kier molecular flexibility index (Phi) is 5.26. The Morgan fingerprint density at radius 3 is 2.62 bits per heavy atom. The summed E-state index contributed by atoms with van der Waals surface area (Å²) >= 11 is 5.30. The first kappa shape index (κ1) is 14.5. The highest BCUT2D eigenvalue weighted by atomic mass is 79.9. The summed E-state index contributed by atoms with van der Waals surface area (Å²) in [6, 6.07) is 2.20. The second-order valence-electron chi connectivity index (χ2n) is 4.37. The molecule has 2 nitrogen and oxygen atoms in total. The Hall–Kier alpha value is 0.390. The molecule has 92 valence electrons. The van der Waals surface area contributed by atoms with Crippen LogP contribution >= 0.6 is 39.7 Å². The first-order valence-electron chi connectivity index (χ1n) is 5.30. The van der Waals surface area contributed by atoms with Gasteiger partial charge in [0, 0.05) is 33.4 Å². The molecule has 0 spiro atoms. The van der Waals surface area contributed by atoms with Crippen molar-refractivity contribution in [3.05, 3.63) is 20.8 Å². The first-order chi connectivity index (χ1) is 7.16. The number of thiophene rings is 1. The summed E-state index contributed by atoms with van der Waals surface area (Å²) in [5, 5.41) is 2.14. The van der Waals surface area contributed by atoms with E-state index in [4.69, 9.17) is 5.73 Å². The van der Waals surface area contributed by atoms with Crippen molar-refractivity contribution >= 4 is 39.7 Å². The third kappa shape index (κ3) is 2.79. The summed E-state index contributed by atoms with van der Waals surface area (Å²) in [6.07, 6.45) is 3.84. The summed E-state index contributed by atoms with van der Waals surface area (Å²) in [5.74, 6) is 0. The van der Waals surface area contributed by atoms with Gasteiger partial charge in [0.2, 0.25) is 0 Å². The second-order valence-corrected chi connectivity index (χ2v) is 6.28. The number of halogens is 2. The highest BCUT2D eigenvalue weighted by Gasteiger charge is 2.39. The summed E-state index contributed by atoms with van der Waals surface area (Å²) < 4.78 is 1.19. The van der Waals surface area contributed by atoms with Crippen molar-refractivity contribution in [1.29, 1.82) is 0 Å². The van der Waals surface area contributed by atoms with Crippen LogP contribution in [0.3, 0.4) is 0 Å². The lowest BCUT2D eigenvalue weighted by molar-refractivity contribution is 0.0406. The summed E-state index contributed by atoms with van der Waals surface area (Å²) in [5.41, 5.74) is 6.17. The molecule has 0 unspecified atom stereocenters. The average molecular weight is 326 g/mol. The molecule has 0 radical (unpaired) electrons. The van der Waals surface area contributed by atoms with Gasteiger partial charge in [0.1, 0.15) is 0 Å². The predicted molar refractivity (Wildman–Crippen MR) is 76.4 cm³/mol. The molecule has 1 aromatic rings. The van der Waals surface area contributed by atoms with Gasteiger partial charge >= 0.3 is 0 Å². The van der Waals surface area contributed by atoms with Crippen LogP contribution < -0.4 is 5.73 Å². The zero-order valence-corrected chi connectivity index (χ0v) is 12.6. The third-order valence-corrected chi connectivity index (χ3v) is 5.17. The molecule has 1 aliphatic rings. The monoisotopic (exact) mass is 324 g/mol. The second kappa shape index (κ2) is 5.83. The maximum absolute atomic E-state index is 5.88. The van der Waals surface area contributed by atoms with Gasteiger partial charge in [0.15, 0.2) is 0 Å². The first-order valence-corrected chi connectivity index (χ1v) is 6.98. The van der Waals surface area contributed by atoms with Crippen molar-refractivity contribution in [2.75, 3.05) is 13.6 Å². The minimum absolute atomic E-state index is 0. The van der Waals surface area contributed by atoms with Crippen molar-refractivity contribution in [3.8, 4) is 0 Å². The number of nitrogens with two attached hydrogens (primary N) is 1. The topological polar surface area (TPSA) is 29.3 Å². The van der Waals surface area contributed by atoms with Crippen molar-refractivity contribution in [1.82, 2.24) is 4.90 Å². The average Bonchev–Trinajstić information content (AvgIpc) is 2.50. The fraction of sp³-hybridized carbons (Fsp3) is 0.636. The molecule has 0 atom stereocenters. The molecule has 1 fully saturated rings. The number of hydrogen-bond donors (Lipinski definition) is 1. The van der Waals surface area contributed by atoms with Gasteiger partial charge in [-0.1, -0.05) is 0 Å². The largest absolute Gasteiger partial charge is 0.329 e. The van der Waals surface area contributed by atoms with Crippen LogP contribution in [0.15, 0.2) is 15.9 Å². The Morgan fingerprint density at radius 1 is 1.56 bits per heavy atom. The summed E-state index contributed by atoms with van der Waals surface area (Å²) in [6.45, 7) is 1.81. The molecule has 0 aromatic carbocycles. The molecular weight excluding hydrogens is 308 g/mol. The molecule has 1 aliphatic carbocycles. The van der Waals surface area contributed by atoms with E-state index in [0.717, 1.165) is 13.1 Å². The lowest BCUT2D eigenvalue weighted by Crippen LogP contribution is -2.56. The van der Waals surface area contributed by atoms with Gasteiger partial charge < -0.3 is 5.73 Å². The lowest BCUT2D eigenvalue weighted by Gasteiger charge is -2.48. The Bertz CT molecular complexity index is 333. The van der Waals surface area contributed by atoms with E-state index in [9.17, 15) is 0 Å². The molecule has 1 heterocycles. The summed E-state index contributed by atoms with van der Waals surface area (Å²) in [4.78, 5) is 3.83. The maximum atomic E-state index is 5.88. The van der Waals surface area contributed by atoms with Crippen LogP contribution in [0.4, 0.5) is 0 Å². The Labute approximate surface area is 116 Å². The number of likely N-dealkylation sites (N-methyl/N-ethyl adjacent to an activating group) is 1. The van der Waals surface area contributed by atoms with E-state index in [0.29, 0.717) is 0 Å². The normalized spacial score (nSPS) is 18.0. The maximum Gasteiger partial charge on any atom is 0.0332 e. The van der Waals surface area contributed by atoms with Crippen LogP contribution in [0, 0.1) is 0 Å². The molecule has 0 saturated heterocycles. The van der Waals surface area contributed by atoms with Crippen LogP contribution in [0.25, 0.3) is 0 Å². The van der Waals surface area contributed by atoms with Gasteiger partial charge in [-0.05, 0) is 48.3 Å². The van der Waals surface area contributed by atoms with Gasteiger partial charge in [-0.15, -0.1) is 23.7 Å². The molecule has 0 bridgehead atoms. The van der Waals surface area contributed by atoms with E-state index in [1.807, 2.05) is 11.3 Å². The molecule has 1 aromatic heterocycles. The van der Waals surface area contributed by atoms with Crippen molar-refractivity contribution < 1.29 is 0 Å². The Morgan fingerprint density at radius 2 is 2.25 bits per heavy atom. The minimum Gasteiger partial charge on any atom is -0.329 e. The van der Waals surface area contributed by atoms with Crippen molar-refractivity contribution in [2.24, 2.45) is 5.73 Å². The SMILES string of the molecule is CN(Cc1cc(Br)cs1)C1(CN)CCC1.Cl. The number of hydrogen-bond acceptors (Lipinski definition) is 3. The van der Waals surface area contributed by atoms with Crippen molar-refractivity contribution in [3.63, 3.8) is 0 Å². The van der Waals surface area contributed by atoms with E-state index >= 15 is 0 Å². The predicted octanol–water partition coefficient (Wildman–Crippen LogP) is 3.25. The molecule has 16 heavy (non-hydrogen) atoms. The highest BCUT2D eigenvalue weighted by Crippen LogP contribution is 2.37. The lowest BCUT2D eigenvalue weighted by atomic mass is 9.75. The fourth-order valence-electron chi connectivity index (χ4n) is 2.16. The molecule has 2 rings (SSSR count). The molecule has 2 N–H and O–H groups in total. The molecule has 0 aliphatic heterocycles. The van der Waals surface area contributed by atoms with E-state index < -0.39 is 0 Å². The standard InChI is InChI=1S/C11H17BrN2S.ClH/c1-14(11(8-13)3-2-4-11)6-10-5-9(12)7-15-10;/h5,7H,2-4,6,8,13H2,1H3;1H. The van der Waals surface area contributed by atoms with Crippen molar-refractivity contribution in [2.45, 2.75) is 31.3 Å². The molecule has 5 heteroatoms. The zero-order valence-electron chi connectivity index (χ0n) is 9.41. The van der Waals surface area contributed by atoms with Gasteiger partial charge in [0.05, 0.1) is 0 Å². The molecule has 0 amide bonds. The van der Waals surface area contributed by atoms with Crippen LogP contribution in [-0.2, 0) is 6.54 Å². The number of rotatable bonds is 4. The molecular formula is C11H18BrClN2S. The fourth-order valence-corrected chi connectivity index (χ4v) is 3.67. The van der Waals surface area contributed by atoms with Crippen LogP contribution in [-0.4, -0.2) is 24.0 Å². The van der Waals surface area contributed by atoms with Crippen LogP contribution in [0.5, 0.6) is 0 Å². The highest BCUT2D eigenvalue weighted by molar-refractivity contribution is 9.10. The quantitative estimate of drug-likeness (QED) is 0.921. The Balaban J connectivity index is 0.00000128. The van der Waals surface area contributed by atoms with Crippen LogP contribution in [0.1, 0.15) is 24.1 Å². The van der Waals surface area contributed by atoms with E-state index in [1.54, 1.807) is 0 Å². The van der Waals surface area contributed by atoms with Crippen LogP contribution in [0.2, 0.25) is 0 Å². The third-order valence-electron chi connectivity index (χ3n) is 3.49. The van der Waals surface area contributed by atoms with E-state index in [2.05, 4.69) is 39.3 Å². The summed E-state index contributed by atoms with van der Waals surface area (Å²) in [7, 11) is 2.19. The zero-order chi connectivity index (χ0) is 10.9. The van der Waals surface area contributed by atoms with Gasteiger partial charge in [-0.3, -0.25) is 4.90 Å². The number of nitrogens with zero attached hydrogens (tertiary/aromatic N) is 1. The smallest absolute Gasteiger partial charge is 0.0332 e. The van der Waals surface area contributed by atoms with Gasteiger partial charge in [-0.25, -0.2) is 0 Å². The minimum atomic E-state index is 0. The van der Waals surface area contributed by atoms with E-state index in [1.165, 1.54) is 28.6 Å². The van der Waals surface area contributed by atoms with Gasteiger partial charge in [-0.2, -0.15) is 0 Å². The molecule has 1 saturated carbocycles. The van der Waals surface area contributed by atoms with Gasteiger partial charge in [0.25, 0.3) is 0 Å². The van der Waals surface area contributed by atoms with E-state index in [-0.39, 0.29) is 17.9 Å².